The van der Waals surface area contributed by atoms with Gasteiger partial charge in [-0.2, -0.15) is 10.1 Å². The fraction of sp³-hybridized carbons (Fsp3) is 0.308. The monoisotopic (exact) mass is 475 g/mol. The van der Waals surface area contributed by atoms with Gasteiger partial charge in [0.25, 0.3) is 5.56 Å². The first kappa shape index (κ1) is 22.5. The molecule has 4 aromatic rings. The van der Waals surface area contributed by atoms with Gasteiger partial charge in [-0.05, 0) is 55.4 Å². The van der Waals surface area contributed by atoms with Crippen LogP contribution in [0.25, 0.3) is 0 Å². The minimum absolute atomic E-state index is 0.135. The molecule has 0 bridgehead atoms. The zero-order chi connectivity index (χ0) is 23.3. The number of hydrogen-bond donors (Lipinski definition) is 1. The van der Waals surface area contributed by atoms with Crippen molar-refractivity contribution < 1.29 is 4.39 Å². The second-order valence-corrected chi connectivity index (χ2v) is 9.46. The Balaban J connectivity index is 1.31. The van der Waals surface area contributed by atoms with Crippen LogP contribution < -0.4 is 5.56 Å². The van der Waals surface area contributed by atoms with E-state index in [9.17, 15) is 9.18 Å². The molecule has 2 aromatic heterocycles. The zero-order valence-corrected chi connectivity index (χ0v) is 19.7. The van der Waals surface area contributed by atoms with Gasteiger partial charge in [0, 0.05) is 23.4 Å². The van der Waals surface area contributed by atoms with Crippen LogP contribution in [0, 0.1) is 5.82 Å². The van der Waals surface area contributed by atoms with E-state index in [-0.39, 0.29) is 11.4 Å². The summed E-state index contributed by atoms with van der Waals surface area (Å²) in [5.74, 6) is 1.91. The number of hydrogen-bond acceptors (Lipinski definition) is 5. The molecule has 0 spiro atoms. The third-order valence-corrected chi connectivity index (χ3v) is 7.12. The number of rotatable bonds is 9. The molecule has 1 aliphatic rings. The lowest BCUT2D eigenvalue weighted by molar-refractivity contribution is 0.606. The van der Waals surface area contributed by atoms with E-state index in [4.69, 9.17) is 4.98 Å². The van der Waals surface area contributed by atoms with E-state index < -0.39 is 0 Å². The summed E-state index contributed by atoms with van der Waals surface area (Å²) in [5, 5.41) is 8.15. The van der Waals surface area contributed by atoms with Gasteiger partial charge in [0.15, 0.2) is 11.0 Å². The molecule has 1 aliphatic carbocycles. The molecule has 0 aliphatic heterocycles. The topological polar surface area (TPSA) is 76.5 Å². The smallest absolute Gasteiger partial charge is 0.277 e. The van der Waals surface area contributed by atoms with Crippen LogP contribution in [-0.2, 0) is 38.0 Å². The summed E-state index contributed by atoms with van der Waals surface area (Å²) < 4.78 is 15.3. The van der Waals surface area contributed by atoms with Crippen LogP contribution in [0.2, 0.25) is 0 Å². The Morgan fingerprint density at radius 1 is 0.971 bits per heavy atom. The highest BCUT2D eigenvalue weighted by Crippen LogP contribution is 2.27. The lowest BCUT2D eigenvalue weighted by Gasteiger charge is -2.16. The number of benzene rings is 2. The summed E-state index contributed by atoms with van der Waals surface area (Å²) in [6.45, 7) is 0.493. The van der Waals surface area contributed by atoms with E-state index in [1.807, 2.05) is 6.07 Å². The van der Waals surface area contributed by atoms with E-state index >= 15 is 0 Å². The van der Waals surface area contributed by atoms with Gasteiger partial charge in [-0.3, -0.25) is 9.89 Å². The van der Waals surface area contributed by atoms with Gasteiger partial charge in [-0.1, -0.05) is 54.2 Å². The summed E-state index contributed by atoms with van der Waals surface area (Å²) in [5.41, 5.74) is 4.02. The van der Waals surface area contributed by atoms with Crippen molar-refractivity contribution >= 4 is 11.8 Å². The quantitative estimate of drug-likeness (QED) is 0.285. The fourth-order valence-corrected chi connectivity index (χ4v) is 5.32. The van der Waals surface area contributed by atoms with Crippen LogP contribution in [0.15, 0.2) is 64.5 Å². The lowest BCUT2D eigenvalue weighted by Crippen LogP contribution is -2.22. The second-order valence-electron chi connectivity index (χ2n) is 8.52. The van der Waals surface area contributed by atoms with Crippen molar-refractivity contribution in [2.24, 2.45) is 0 Å². The van der Waals surface area contributed by atoms with Gasteiger partial charge >= 0.3 is 0 Å². The summed E-state index contributed by atoms with van der Waals surface area (Å²) in [7, 11) is 0. The Bertz CT molecular complexity index is 1320. The van der Waals surface area contributed by atoms with Gasteiger partial charge in [-0.15, -0.1) is 0 Å². The molecule has 0 radical (unpaired) electrons. The van der Waals surface area contributed by atoms with Crippen molar-refractivity contribution in [2.75, 3.05) is 0 Å². The first-order valence-electron chi connectivity index (χ1n) is 11.6. The van der Waals surface area contributed by atoms with Crippen molar-refractivity contribution in [3.05, 3.63) is 105 Å². The minimum atomic E-state index is -0.258. The Kier molecular flexibility index (Phi) is 6.85. The van der Waals surface area contributed by atoms with Gasteiger partial charge in [0.05, 0.1) is 6.54 Å². The number of aromatic nitrogens is 5. The highest BCUT2D eigenvalue weighted by molar-refractivity contribution is 7.98. The predicted octanol–water partition coefficient (Wildman–Crippen LogP) is 4.51. The summed E-state index contributed by atoms with van der Waals surface area (Å²) in [6, 6.07) is 16.8. The number of halogens is 1. The zero-order valence-electron chi connectivity index (χ0n) is 18.8. The number of fused-ring (bicyclic) bond motifs is 1. The molecular formula is C26H26FN5OS. The van der Waals surface area contributed by atoms with E-state index in [0.717, 1.165) is 67.0 Å². The Morgan fingerprint density at radius 2 is 1.79 bits per heavy atom. The van der Waals surface area contributed by atoms with E-state index in [2.05, 4.69) is 44.0 Å². The SMILES string of the molecule is O=c1nc(SCc2ccc(F)cc2)n(Cc2nc(CCCc3ccccc3)n[nH]2)c2c1CCC2. The van der Waals surface area contributed by atoms with Gasteiger partial charge in [0.2, 0.25) is 0 Å². The molecule has 8 heteroatoms. The maximum atomic E-state index is 13.2. The minimum Gasteiger partial charge on any atom is -0.316 e. The third kappa shape index (κ3) is 5.28. The molecule has 1 N–H and O–H groups in total. The number of aromatic amines is 1. The van der Waals surface area contributed by atoms with Crippen LogP contribution in [0.3, 0.4) is 0 Å². The van der Waals surface area contributed by atoms with Crippen LogP contribution >= 0.6 is 11.8 Å². The van der Waals surface area contributed by atoms with Crippen LogP contribution in [0.1, 0.15) is 46.9 Å². The van der Waals surface area contributed by atoms with Crippen molar-refractivity contribution in [1.29, 1.82) is 0 Å². The molecule has 0 fully saturated rings. The Morgan fingerprint density at radius 3 is 2.62 bits per heavy atom. The largest absolute Gasteiger partial charge is 0.316 e. The lowest BCUT2D eigenvalue weighted by atomic mass is 10.1. The molecule has 34 heavy (non-hydrogen) atoms. The van der Waals surface area contributed by atoms with Crippen molar-refractivity contribution in [2.45, 2.75) is 56.0 Å². The maximum Gasteiger partial charge on any atom is 0.277 e. The standard InChI is InChI=1S/C26H26FN5OS/c27-20-14-12-19(13-15-20)17-34-26-29-25(33)21-9-5-10-22(21)32(26)16-24-28-23(30-31-24)11-4-8-18-6-2-1-3-7-18/h1-3,6-7,12-15H,4-5,8-11,16-17H2,(H,28,30,31). The normalized spacial score (nSPS) is 12.7. The third-order valence-electron chi connectivity index (χ3n) is 6.08. The first-order valence-corrected chi connectivity index (χ1v) is 12.6. The summed E-state index contributed by atoms with van der Waals surface area (Å²) in [6.07, 6.45) is 5.36. The van der Waals surface area contributed by atoms with Gasteiger partial charge < -0.3 is 4.57 Å². The van der Waals surface area contributed by atoms with Gasteiger partial charge in [-0.25, -0.2) is 9.37 Å². The highest BCUT2D eigenvalue weighted by Gasteiger charge is 2.22. The Hall–Kier alpha value is -3.26. The number of nitrogens with zero attached hydrogens (tertiary/aromatic N) is 4. The number of H-pyrrole nitrogens is 1. The van der Waals surface area contributed by atoms with E-state index in [1.165, 1.54) is 29.5 Å². The number of nitrogens with one attached hydrogen (secondary N) is 1. The molecule has 0 atom stereocenters. The molecule has 2 heterocycles. The maximum absolute atomic E-state index is 13.2. The number of thioether (sulfide) groups is 1. The molecule has 6 nitrogen and oxygen atoms in total. The molecule has 0 saturated heterocycles. The van der Waals surface area contributed by atoms with Gasteiger partial charge in [0.1, 0.15) is 11.6 Å². The molecule has 5 rings (SSSR count). The molecule has 174 valence electrons. The van der Waals surface area contributed by atoms with Crippen LogP contribution in [0.5, 0.6) is 0 Å². The van der Waals surface area contributed by atoms with E-state index in [1.54, 1.807) is 12.1 Å². The van der Waals surface area contributed by atoms with Crippen molar-refractivity contribution in [1.82, 2.24) is 24.7 Å². The highest BCUT2D eigenvalue weighted by atomic mass is 32.2. The predicted molar refractivity (Wildman–Crippen MR) is 130 cm³/mol. The Labute approximate surface area is 201 Å². The second kappa shape index (κ2) is 10.3. The summed E-state index contributed by atoms with van der Waals surface area (Å²) >= 11 is 1.49. The van der Waals surface area contributed by atoms with Crippen LogP contribution in [-0.4, -0.2) is 24.7 Å². The van der Waals surface area contributed by atoms with Crippen molar-refractivity contribution in [3.63, 3.8) is 0 Å². The van der Waals surface area contributed by atoms with Crippen LogP contribution in [0.4, 0.5) is 4.39 Å². The molecule has 2 aromatic carbocycles. The fourth-order valence-electron chi connectivity index (χ4n) is 4.35. The molecule has 0 unspecified atom stereocenters. The average molecular weight is 476 g/mol. The molecule has 0 saturated carbocycles. The van der Waals surface area contributed by atoms with E-state index in [0.29, 0.717) is 17.5 Å². The average Bonchev–Trinajstić information content (AvgIpc) is 3.52. The number of aryl methyl sites for hydroxylation is 2. The molecule has 0 amide bonds. The molecular weight excluding hydrogens is 449 g/mol. The first-order chi connectivity index (χ1) is 16.7. The van der Waals surface area contributed by atoms with Crippen molar-refractivity contribution in [3.8, 4) is 0 Å². The summed E-state index contributed by atoms with van der Waals surface area (Å²) in [4.78, 5) is 21.7.